The molecule has 0 aliphatic carbocycles. The van der Waals surface area contributed by atoms with Crippen molar-refractivity contribution in [3.8, 4) is 0 Å². The average Bonchev–Trinajstić information content (AvgIpc) is 2.96. The van der Waals surface area contributed by atoms with E-state index in [1.165, 1.54) is 6.07 Å². The van der Waals surface area contributed by atoms with Crippen molar-refractivity contribution in [1.29, 1.82) is 0 Å². The number of carbonyl (C=O) groups is 1. The first-order valence-corrected chi connectivity index (χ1v) is 10.3. The predicted octanol–water partition coefficient (Wildman–Crippen LogP) is 5.10. The van der Waals surface area contributed by atoms with Crippen molar-refractivity contribution in [2.75, 3.05) is 24.5 Å². The van der Waals surface area contributed by atoms with Crippen LogP contribution in [0.25, 0.3) is 0 Å². The molecule has 2 aromatic carbocycles. The van der Waals surface area contributed by atoms with Crippen LogP contribution in [-0.2, 0) is 16.7 Å². The van der Waals surface area contributed by atoms with Gasteiger partial charge in [-0.15, -0.1) is 0 Å². The Morgan fingerprint density at radius 2 is 1.89 bits per heavy atom. The van der Waals surface area contributed by atoms with Gasteiger partial charge >= 0.3 is 6.09 Å². The van der Waals surface area contributed by atoms with E-state index in [2.05, 4.69) is 33.0 Å². The Morgan fingerprint density at radius 3 is 2.57 bits per heavy atom. The van der Waals surface area contributed by atoms with Gasteiger partial charge in [0.25, 0.3) is 0 Å². The van der Waals surface area contributed by atoms with Gasteiger partial charge in [-0.1, -0.05) is 46.3 Å². The topological polar surface area (TPSA) is 32.8 Å². The molecule has 4 nitrogen and oxygen atoms in total. The van der Waals surface area contributed by atoms with Gasteiger partial charge < -0.3 is 14.5 Å². The molecule has 4 rings (SSSR count). The molecule has 2 heterocycles. The lowest BCUT2D eigenvalue weighted by molar-refractivity contribution is 0.0164. The van der Waals surface area contributed by atoms with Gasteiger partial charge in [0.05, 0.1) is 12.1 Å². The third-order valence-corrected chi connectivity index (χ3v) is 6.13. The number of amides is 1. The molecule has 6 heteroatoms. The molecule has 2 aromatic rings. The van der Waals surface area contributed by atoms with Gasteiger partial charge in [0.1, 0.15) is 11.4 Å². The highest BCUT2D eigenvalue weighted by Crippen LogP contribution is 2.49. The summed E-state index contributed by atoms with van der Waals surface area (Å²) in [5, 5.41) is 0. The minimum absolute atomic E-state index is 0.260. The Bertz CT molecular complexity index is 913. The molecule has 0 bridgehead atoms. The molecule has 0 saturated carbocycles. The molecule has 28 heavy (non-hydrogen) atoms. The van der Waals surface area contributed by atoms with Crippen molar-refractivity contribution in [2.24, 2.45) is 0 Å². The van der Waals surface area contributed by atoms with E-state index < -0.39 is 11.1 Å². The highest BCUT2D eigenvalue weighted by atomic mass is 79.9. The van der Waals surface area contributed by atoms with E-state index in [4.69, 9.17) is 4.74 Å². The molecule has 1 fully saturated rings. The molecule has 1 amide bonds. The van der Waals surface area contributed by atoms with E-state index in [9.17, 15) is 9.18 Å². The van der Waals surface area contributed by atoms with Gasteiger partial charge in [-0.3, -0.25) is 0 Å². The van der Waals surface area contributed by atoms with E-state index in [0.717, 1.165) is 21.3 Å². The number of ether oxygens (including phenoxy) is 1. The normalized spacial score (nSPS) is 21.3. The van der Waals surface area contributed by atoms with Crippen molar-refractivity contribution in [3.05, 3.63) is 63.9 Å². The van der Waals surface area contributed by atoms with Gasteiger partial charge in [0, 0.05) is 29.7 Å². The maximum atomic E-state index is 14.2. The number of carbonyl (C=O) groups excluding carboxylic acids is 1. The number of halogens is 2. The number of rotatable bonds is 1. The second-order valence-corrected chi connectivity index (χ2v) is 9.37. The van der Waals surface area contributed by atoms with Crippen molar-refractivity contribution in [2.45, 2.75) is 38.3 Å². The van der Waals surface area contributed by atoms with Crippen LogP contribution in [0.15, 0.2) is 46.9 Å². The van der Waals surface area contributed by atoms with Crippen molar-refractivity contribution in [1.82, 2.24) is 4.90 Å². The van der Waals surface area contributed by atoms with Crippen molar-refractivity contribution in [3.63, 3.8) is 0 Å². The number of hydrogen-bond donors (Lipinski definition) is 0. The SMILES string of the molecule is CC(C)(C)OC(=O)N1CCN2c3cc(F)cc(Br)c3CC2(c2ccccc2)C1. The minimum Gasteiger partial charge on any atom is -0.444 e. The molecule has 0 spiro atoms. The fraction of sp³-hybridized carbons (Fsp3) is 0.409. The zero-order chi connectivity index (χ0) is 20.1. The van der Waals surface area contributed by atoms with Crippen LogP contribution in [0.1, 0.15) is 31.9 Å². The molecular formula is C22H24BrFN2O2. The summed E-state index contributed by atoms with van der Waals surface area (Å²) in [6, 6.07) is 13.3. The monoisotopic (exact) mass is 446 g/mol. The fourth-order valence-corrected chi connectivity index (χ4v) is 4.86. The molecule has 1 unspecified atom stereocenters. The number of benzene rings is 2. The third-order valence-electron chi connectivity index (χ3n) is 5.42. The number of nitrogens with zero attached hydrogens (tertiary/aromatic N) is 2. The van der Waals surface area contributed by atoms with Crippen LogP contribution < -0.4 is 4.90 Å². The first-order chi connectivity index (χ1) is 13.2. The second kappa shape index (κ2) is 6.76. The number of hydrogen-bond acceptors (Lipinski definition) is 3. The number of piperazine rings is 1. The lowest BCUT2D eigenvalue weighted by Gasteiger charge is -2.48. The highest BCUT2D eigenvalue weighted by Gasteiger charge is 2.50. The summed E-state index contributed by atoms with van der Waals surface area (Å²) in [4.78, 5) is 16.8. The quantitative estimate of drug-likeness (QED) is 0.610. The van der Waals surface area contributed by atoms with E-state index >= 15 is 0 Å². The van der Waals surface area contributed by atoms with Crippen LogP contribution in [0.5, 0.6) is 0 Å². The number of fused-ring (bicyclic) bond motifs is 3. The smallest absolute Gasteiger partial charge is 0.410 e. The first kappa shape index (κ1) is 19.2. The zero-order valence-corrected chi connectivity index (χ0v) is 17.9. The van der Waals surface area contributed by atoms with Crippen LogP contribution in [0, 0.1) is 5.82 Å². The number of anilines is 1. The van der Waals surface area contributed by atoms with Gasteiger partial charge in [-0.05, 0) is 44.0 Å². The maximum Gasteiger partial charge on any atom is 0.410 e. The molecule has 1 saturated heterocycles. The van der Waals surface area contributed by atoms with E-state index in [-0.39, 0.29) is 11.9 Å². The van der Waals surface area contributed by atoms with Crippen LogP contribution >= 0.6 is 15.9 Å². The van der Waals surface area contributed by atoms with Crippen LogP contribution in [0.2, 0.25) is 0 Å². The van der Waals surface area contributed by atoms with Gasteiger partial charge in [-0.25, -0.2) is 9.18 Å². The van der Waals surface area contributed by atoms with E-state index in [1.54, 1.807) is 11.0 Å². The predicted molar refractivity (Wildman–Crippen MR) is 111 cm³/mol. The van der Waals surface area contributed by atoms with E-state index in [1.807, 2.05) is 39.0 Å². The van der Waals surface area contributed by atoms with Gasteiger partial charge in [0.2, 0.25) is 0 Å². The first-order valence-electron chi connectivity index (χ1n) is 9.49. The Morgan fingerprint density at radius 1 is 1.18 bits per heavy atom. The lowest BCUT2D eigenvalue weighted by Crippen LogP contribution is -2.60. The Balaban J connectivity index is 1.76. The summed E-state index contributed by atoms with van der Waals surface area (Å²) in [5.41, 5.74) is 2.12. The molecule has 0 aromatic heterocycles. The largest absolute Gasteiger partial charge is 0.444 e. The summed E-state index contributed by atoms with van der Waals surface area (Å²) in [6.07, 6.45) is 0.399. The molecule has 0 N–H and O–H groups in total. The summed E-state index contributed by atoms with van der Waals surface area (Å²) in [7, 11) is 0. The molecule has 2 aliphatic rings. The van der Waals surface area contributed by atoms with Crippen molar-refractivity contribution >= 4 is 27.7 Å². The minimum atomic E-state index is -0.543. The molecule has 1 atom stereocenters. The van der Waals surface area contributed by atoms with Gasteiger partial charge in [-0.2, -0.15) is 0 Å². The summed E-state index contributed by atoms with van der Waals surface area (Å²) in [6.45, 7) is 7.28. The Labute approximate surface area is 173 Å². The zero-order valence-electron chi connectivity index (χ0n) is 16.3. The standard InChI is InChI=1S/C22H24BrFN2O2/c1-21(2,3)28-20(27)25-9-10-26-19-12-16(24)11-18(23)17(19)13-22(26,14-25)15-7-5-4-6-8-15/h4-8,11-12H,9-10,13-14H2,1-3H3. The summed E-state index contributed by atoms with van der Waals surface area (Å²) < 4.78 is 20.6. The molecule has 148 valence electrons. The Kier molecular flexibility index (Phi) is 4.65. The second-order valence-electron chi connectivity index (χ2n) is 8.51. The third kappa shape index (κ3) is 3.28. The van der Waals surface area contributed by atoms with Crippen molar-refractivity contribution < 1.29 is 13.9 Å². The Hall–Kier alpha value is -2.08. The molecule has 0 radical (unpaired) electrons. The summed E-state index contributed by atoms with van der Waals surface area (Å²) >= 11 is 3.54. The van der Waals surface area contributed by atoms with Crippen LogP contribution in [0.3, 0.4) is 0 Å². The molecular weight excluding hydrogens is 423 g/mol. The van der Waals surface area contributed by atoms with Crippen LogP contribution in [0.4, 0.5) is 14.9 Å². The average molecular weight is 447 g/mol. The van der Waals surface area contributed by atoms with Gasteiger partial charge in [0.15, 0.2) is 0 Å². The highest BCUT2D eigenvalue weighted by molar-refractivity contribution is 9.10. The lowest BCUT2D eigenvalue weighted by atomic mass is 9.84. The summed E-state index contributed by atoms with van der Waals surface area (Å²) in [5.74, 6) is -0.260. The fourth-order valence-electron chi connectivity index (χ4n) is 4.30. The molecule has 2 aliphatic heterocycles. The van der Waals surface area contributed by atoms with Crippen LogP contribution in [-0.4, -0.2) is 36.2 Å². The van der Waals surface area contributed by atoms with E-state index in [0.29, 0.717) is 26.1 Å². The maximum absolute atomic E-state index is 14.2.